The summed E-state index contributed by atoms with van der Waals surface area (Å²) in [5.41, 5.74) is 1.75. The number of carboxylic acids is 1. The number of halogens is 2. The number of nitrogens with zero attached hydrogens (tertiary/aromatic N) is 3. The lowest BCUT2D eigenvalue weighted by Gasteiger charge is -2.04. The van der Waals surface area contributed by atoms with E-state index in [9.17, 15) is 9.18 Å². The van der Waals surface area contributed by atoms with Crippen LogP contribution in [0.15, 0.2) is 36.4 Å². The van der Waals surface area contributed by atoms with Crippen LogP contribution >= 0.6 is 11.6 Å². The Balaban J connectivity index is 2.03. The van der Waals surface area contributed by atoms with Gasteiger partial charge in [0, 0.05) is 0 Å². The van der Waals surface area contributed by atoms with Crippen molar-refractivity contribution in [3.05, 3.63) is 58.4 Å². The normalized spacial score (nSPS) is 11.0. The number of aromatic nitrogens is 3. The monoisotopic (exact) mass is 305 g/mol. The summed E-state index contributed by atoms with van der Waals surface area (Å²) in [6, 6.07) is 9.20. The summed E-state index contributed by atoms with van der Waals surface area (Å²) in [7, 11) is 0. The molecular weight excluding hydrogens is 297 g/mol. The molecule has 2 aromatic carbocycles. The van der Waals surface area contributed by atoms with Gasteiger partial charge in [0.25, 0.3) is 0 Å². The summed E-state index contributed by atoms with van der Waals surface area (Å²) >= 11 is 5.74. The average Bonchev–Trinajstić information content (AvgIpc) is 2.86. The van der Waals surface area contributed by atoms with Crippen molar-refractivity contribution < 1.29 is 14.3 Å². The van der Waals surface area contributed by atoms with E-state index in [1.54, 1.807) is 22.9 Å². The summed E-state index contributed by atoms with van der Waals surface area (Å²) in [6.07, 6.45) is 0. The number of carboxylic acid groups (broad SMARTS) is 1. The van der Waals surface area contributed by atoms with Gasteiger partial charge in [0.05, 0.1) is 22.6 Å². The third kappa shape index (κ3) is 2.45. The molecule has 1 N–H and O–H groups in total. The van der Waals surface area contributed by atoms with Gasteiger partial charge in [-0.2, -0.15) is 0 Å². The van der Waals surface area contributed by atoms with Crippen LogP contribution in [0.1, 0.15) is 15.9 Å². The fraction of sp³-hybridized carbons (Fsp3) is 0.0714. The predicted octanol–water partition coefficient (Wildman–Crippen LogP) is 2.97. The summed E-state index contributed by atoms with van der Waals surface area (Å²) in [6.45, 7) is 0.319. The van der Waals surface area contributed by atoms with Crippen molar-refractivity contribution in [2.75, 3.05) is 0 Å². The molecule has 0 atom stereocenters. The van der Waals surface area contributed by atoms with Crippen molar-refractivity contribution >= 4 is 28.6 Å². The second-order valence-corrected chi connectivity index (χ2v) is 4.88. The van der Waals surface area contributed by atoms with E-state index in [0.29, 0.717) is 17.6 Å². The first-order valence-corrected chi connectivity index (χ1v) is 6.43. The van der Waals surface area contributed by atoms with Crippen molar-refractivity contribution in [3.63, 3.8) is 0 Å². The molecule has 0 aliphatic rings. The molecule has 0 saturated carbocycles. The Kier molecular flexibility index (Phi) is 3.31. The van der Waals surface area contributed by atoms with E-state index in [2.05, 4.69) is 10.3 Å². The molecule has 0 spiro atoms. The van der Waals surface area contributed by atoms with Crippen LogP contribution in [0.25, 0.3) is 11.0 Å². The van der Waals surface area contributed by atoms with E-state index in [1.165, 1.54) is 18.2 Å². The van der Waals surface area contributed by atoms with Gasteiger partial charge in [-0.15, -0.1) is 5.10 Å². The molecule has 21 heavy (non-hydrogen) atoms. The van der Waals surface area contributed by atoms with Crippen molar-refractivity contribution in [3.8, 4) is 0 Å². The SMILES string of the molecule is O=C(O)c1cccc2c1nnn2Cc1ccc(F)c(Cl)c1. The first-order chi connectivity index (χ1) is 10.1. The highest BCUT2D eigenvalue weighted by molar-refractivity contribution is 6.30. The first-order valence-electron chi connectivity index (χ1n) is 6.05. The van der Waals surface area contributed by atoms with E-state index in [1.807, 2.05) is 0 Å². The predicted molar refractivity (Wildman–Crippen MR) is 75.0 cm³/mol. The maximum Gasteiger partial charge on any atom is 0.338 e. The second kappa shape index (κ2) is 5.14. The fourth-order valence-electron chi connectivity index (χ4n) is 2.09. The molecule has 0 saturated heterocycles. The van der Waals surface area contributed by atoms with E-state index in [0.717, 1.165) is 5.56 Å². The van der Waals surface area contributed by atoms with Gasteiger partial charge >= 0.3 is 5.97 Å². The highest BCUT2D eigenvalue weighted by atomic mass is 35.5. The van der Waals surface area contributed by atoms with Crippen molar-refractivity contribution in [2.45, 2.75) is 6.54 Å². The molecule has 1 aromatic heterocycles. The molecule has 0 bridgehead atoms. The molecule has 0 aliphatic carbocycles. The molecule has 0 fully saturated rings. The third-order valence-electron chi connectivity index (χ3n) is 3.09. The molecular formula is C14H9ClFN3O2. The van der Waals surface area contributed by atoms with Crippen LogP contribution in [0.3, 0.4) is 0 Å². The Labute approximate surface area is 123 Å². The zero-order chi connectivity index (χ0) is 15.0. The standard InChI is InChI=1S/C14H9ClFN3O2/c15-10-6-8(4-5-11(10)16)7-19-12-3-1-2-9(14(20)21)13(12)17-18-19/h1-6H,7H2,(H,20,21). The minimum Gasteiger partial charge on any atom is -0.478 e. The number of rotatable bonds is 3. The minimum absolute atomic E-state index is 0.0307. The maximum atomic E-state index is 13.1. The Morgan fingerprint density at radius 1 is 1.33 bits per heavy atom. The first kappa shape index (κ1) is 13.5. The largest absolute Gasteiger partial charge is 0.478 e. The van der Waals surface area contributed by atoms with E-state index in [4.69, 9.17) is 16.7 Å². The van der Waals surface area contributed by atoms with Gasteiger partial charge in [0.2, 0.25) is 0 Å². The van der Waals surface area contributed by atoms with Gasteiger partial charge < -0.3 is 5.11 Å². The quantitative estimate of drug-likeness (QED) is 0.808. The smallest absolute Gasteiger partial charge is 0.338 e. The lowest BCUT2D eigenvalue weighted by molar-refractivity contribution is 0.0699. The van der Waals surface area contributed by atoms with Crippen molar-refractivity contribution in [1.82, 2.24) is 15.0 Å². The molecule has 0 unspecified atom stereocenters. The molecule has 0 amide bonds. The van der Waals surface area contributed by atoms with Crippen LogP contribution in [0.2, 0.25) is 5.02 Å². The van der Waals surface area contributed by atoms with Crippen LogP contribution in [0.4, 0.5) is 4.39 Å². The van der Waals surface area contributed by atoms with Gasteiger partial charge in [-0.05, 0) is 29.8 Å². The molecule has 106 valence electrons. The summed E-state index contributed by atoms with van der Waals surface area (Å²) in [4.78, 5) is 11.1. The van der Waals surface area contributed by atoms with Crippen molar-refractivity contribution in [1.29, 1.82) is 0 Å². The number of hydrogen-bond donors (Lipinski definition) is 1. The number of aromatic carboxylic acids is 1. The Bertz CT molecular complexity index is 847. The lowest BCUT2D eigenvalue weighted by atomic mass is 10.2. The fourth-order valence-corrected chi connectivity index (χ4v) is 2.30. The second-order valence-electron chi connectivity index (χ2n) is 4.47. The van der Waals surface area contributed by atoms with Gasteiger partial charge in [0.15, 0.2) is 0 Å². The van der Waals surface area contributed by atoms with Crippen LogP contribution in [0, 0.1) is 5.82 Å². The minimum atomic E-state index is -1.06. The third-order valence-corrected chi connectivity index (χ3v) is 3.38. The molecule has 1 heterocycles. The molecule has 7 heteroatoms. The maximum absolute atomic E-state index is 13.1. The molecule has 0 radical (unpaired) electrons. The number of hydrogen-bond acceptors (Lipinski definition) is 3. The summed E-state index contributed by atoms with van der Waals surface area (Å²) in [5.74, 6) is -1.55. The number of benzene rings is 2. The Hall–Kier alpha value is -2.47. The van der Waals surface area contributed by atoms with Gasteiger partial charge in [-0.25, -0.2) is 13.9 Å². The molecule has 0 aliphatic heterocycles. The molecule has 3 aromatic rings. The highest BCUT2D eigenvalue weighted by Crippen LogP contribution is 2.20. The summed E-state index contributed by atoms with van der Waals surface area (Å²) in [5, 5.41) is 17.0. The van der Waals surface area contributed by atoms with Crippen molar-refractivity contribution in [2.24, 2.45) is 0 Å². The number of carbonyl (C=O) groups is 1. The highest BCUT2D eigenvalue weighted by Gasteiger charge is 2.14. The zero-order valence-electron chi connectivity index (χ0n) is 10.6. The topological polar surface area (TPSA) is 68.0 Å². The van der Waals surface area contributed by atoms with Gasteiger partial charge in [0.1, 0.15) is 11.3 Å². The number of fused-ring (bicyclic) bond motifs is 1. The average molecular weight is 306 g/mol. The Morgan fingerprint density at radius 3 is 2.86 bits per heavy atom. The summed E-state index contributed by atoms with van der Waals surface area (Å²) < 4.78 is 14.7. The molecule has 3 rings (SSSR count). The Morgan fingerprint density at radius 2 is 2.14 bits per heavy atom. The van der Waals surface area contributed by atoms with Crippen LogP contribution in [0.5, 0.6) is 0 Å². The molecule has 5 nitrogen and oxygen atoms in total. The van der Waals surface area contributed by atoms with Crippen LogP contribution in [-0.2, 0) is 6.54 Å². The van der Waals surface area contributed by atoms with Crippen LogP contribution in [-0.4, -0.2) is 26.1 Å². The van der Waals surface area contributed by atoms with Crippen LogP contribution < -0.4 is 0 Å². The van der Waals surface area contributed by atoms with Gasteiger partial charge in [-0.3, -0.25) is 0 Å². The van der Waals surface area contributed by atoms with E-state index < -0.39 is 11.8 Å². The van der Waals surface area contributed by atoms with E-state index >= 15 is 0 Å². The zero-order valence-corrected chi connectivity index (χ0v) is 11.4. The van der Waals surface area contributed by atoms with E-state index in [-0.39, 0.29) is 10.6 Å². The van der Waals surface area contributed by atoms with Gasteiger partial charge in [-0.1, -0.05) is 28.9 Å². The lowest BCUT2D eigenvalue weighted by Crippen LogP contribution is -2.02.